The summed E-state index contributed by atoms with van der Waals surface area (Å²) >= 11 is 1.89. The first kappa shape index (κ1) is 29.5. The lowest BCUT2D eigenvalue weighted by Crippen LogP contribution is -2.21. The van der Waals surface area contributed by atoms with E-state index in [9.17, 15) is 0 Å². The number of rotatable bonds is 4. The van der Waals surface area contributed by atoms with Crippen LogP contribution in [0.3, 0.4) is 0 Å². The summed E-state index contributed by atoms with van der Waals surface area (Å²) in [5, 5.41) is 2.66. The summed E-state index contributed by atoms with van der Waals surface area (Å²) in [4.78, 5) is 2.55. The Morgan fingerprint density at radius 3 is 1.84 bits per heavy atom. The van der Waals surface area contributed by atoms with Gasteiger partial charge in [0.25, 0.3) is 0 Å². The van der Waals surface area contributed by atoms with Crippen LogP contribution in [-0.4, -0.2) is 0 Å². The predicted molar refractivity (Wildman–Crippen MR) is 215 cm³/mol. The number of hydrogen-bond acceptors (Lipinski definition) is 2. The minimum Gasteiger partial charge on any atom is -0.310 e. The van der Waals surface area contributed by atoms with Crippen LogP contribution >= 0.6 is 11.3 Å². The minimum atomic E-state index is -0.160. The molecule has 0 fully saturated rings. The van der Waals surface area contributed by atoms with Crippen LogP contribution in [0, 0.1) is 0 Å². The number of benzene rings is 7. The van der Waals surface area contributed by atoms with Crippen LogP contribution < -0.4 is 4.90 Å². The lowest BCUT2D eigenvalue weighted by atomic mass is 9.81. The van der Waals surface area contributed by atoms with E-state index in [1.54, 1.807) is 0 Å². The molecule has 10 rings (SSSR count). The quantitative estimate of drug-likeness (QED) is 0.182. The normalized spacial score (nSPS) is 14.7. The van der Waals surface area contributed by atoms with Crippen LogP contribution in [0.2, 0.25) is 0 Å². The molecule has 2 aliphatic rings. The van der Waals surface area contributed by atoms with Gasteiger partial charge >= 0.3 is 0 Å². The molecule has 240 valence electrons. The average molecular weight is 660 g/mol. The molecule has 0 amide bonds. The topological polar surface area (TPSA) is 3.24 Å². The molecule has 0 bridgehead atoms. The summed E-state index contributed by atoms with van der Waals surface area (Å²) in [6.07, 6.45) is 0. The van der Waals surface area contributed by atoms with Crippen molar-refractivity contribution in [1.82, 2.24) is 0 Å². The summed E-state index contributed by atoms with van der Waals surface area (Å²) in [6.45, 7) is 9.52. The molecule has 0 spiro atoms. The van der Waals surface area contributed by atoms with E-state index in [1.807, 2.05) is 11.3 Å². The van der Waals surface area contributed by atoms with E-state index in [0.29, 0.717) is 0 Å². The van der Waals surface area contributed by atoms with Crippen molar-refractivity contribution in [1.29, 1.82) is 0 Å². The molecule has 0 unspecified atom stereocenters. The first-order chi connectivity index (χ1) is 24.3. The Bertz CT molecular complexity index is 2650. The Hall–Kier alpha value is -5.44. The lowest BCUT2D eigenvalue weighted by Gasteiger charge is -2.33. The maximum absolute atomic E-state index is 2.55. The zero-order valence-corrected chi connectivity index (χ0v) is 29.6. The van der Waals surface area contributed by atoms with E-state index in [2.05, 4.69) is 184 Å². The van der Waals surface area contributed by atoms with Crippen molar-refractivity contribution in [3.05, 3.63) is 174 Å². The highest BCUT2D eigenvalue weighted by atomic mass is 32.1. The molecule has 0 atom stereocenters. The van der Waals surface area contributed by atoms with Crippen LogP contribution in [0.4, 0.5) is 17.1 Å². The van der Waals surface area contributed by atoms with E-state index in [4.69, 9.17) is 0 Å². The second-order valence-corrected chi connectivity index (χ2v) is 16.0. The molecule has 8 aromatic rings. The fourth-order valence-corrected chi connectivity index (χ4v) is 10.3. The van der Waals surface area contributed by atoms with Crippen LogP contribution in [0.15, 0.2) is 152 Å². The summed E-state index contributed by atoms with van der Waals surface area (Å²) in [7, 11) is 0. The fraction of sp³-hybridized carbons (Fsp3) is 0.125. The van der Waals surface area contributed by atoms with Crippen LogP contribution in [0.25, 0.3) is 53.6 Å². The zero-order chi connectivity index (χ0) is 33.8. The Morgan fingerprint density at radius 2 is 1.02 bits per heavy atom. The van der Waals surface area contributed by atoms with Gasteiger partial charge in [0.05, 0.1) is 11.4 Å². The molecular weight excluding hydrogens is 623 g/mol. The van der Waals surface area contributed by atoms with E-state index in [1.165, 1.54) is 87.2 Å². The molecule has 2 heteroatoms. The van der Waals surface area contributed by atoms with Crippen molar-refractivity contribution in [2.45, 2.75) is 38.5 Å². The Balaban J connectivity index is 1.21. The molecule has 1 nitrogen and oxygen atoms in total. The third kappa shape index (κ3) is 4.00. The van der Waals surface area contributed by atoms with Gasteiger partial charge in [0.2, 0.25) is 0 Å². The molecule has 0 N–H and O–H groups in total. The van der Waals surface area contributed by atoms with E-state index < -0.39 is 0 Å². The summed E-state index contributed by atoms with van der Waals surface area (Å²) in [5.41, 5.74) is 16.8. The predicted octanol–water partition coefficient (Wildman–Crippen LogP) is 13.8. The SMILES string of the molecule is CC1(C)c2ccccc2-c2c(N(c3ccc(-c4cccc5c4sc4ccccc45)cc3)c3cccc4c3C(C)(C)c3ccccc3-4)cccc21. The third-order valence-electron chi connectivity index (χ3n) is 11.5. The van der Waals surface area contributed by atoms with Gasteiger partial charge in [-0.2, -0.15) is 0 Å². The van der Waals surface area contributed by atoms with Gasteiger partial charge in [-0.3, -0.25) is 0 Å². The van der Waals surface area contributed by atoms with Crippen molar-refractivity contribution in [2.75, 3.05) is 4.90 Å². The van der Waals surface area contributed by atoms with Gasteiger partial charge in [-0.05, 0) is 80.4 Å². The first-order valence-corrected chi connectivity index (χ1v) is 18.4. The molecule has 2 aliphatic carbocycles. The van der Waals surface area contributed by atoms with Gasteiger partial charge < -0.3 is 4.90 Å². The Kier molecular flexibility index (Phi) is 6.21. The molecule has 50 heavy (non-hydrogen) atoms. The maximum atomic E-state index is 2.55. The monoisotopic (exact) mass is 659 g/mol. The van der Waals surface area contributed by atoms with E-state index in [-0.39, 0.29) is 10.8 Å². The van der Waals surface area contributed by atoms with Crippen LogP contribution in [0.5, 0.6) is 0 Å². The van der Waals surface area contributed by atoms with Gasteiger partial charge in [-0.25, -0.2) is 0 Å². The van der Waals surface area contributed by atoms with Crippen molar-refractivity contribution in [2.24, 2.45) is 0 Å². The number of anilines is 3. The largest absolute Gasteiger partial charge is 0.310 e. The highest BCUT2D eigenvalue weighted by molar-refractivity contribution is 7.26. The van der Waals surface area contributed by atoms with Gasteiger partial charge in [0, 0.05) is 42.3 Å². The Morgan fingerprint density at radius 1 is 0.440 bits per heavy atom. The van der Waals surface area contributed by atoms with Gasteiger partial charge in [0.1, 0.15) is 0 Å². The average Bonchev–Trinajstić information content (AvgIpc) is 3.73. The number of nitrogens with zero attached hydrogens (tertiary/aromatic N) is 1. The molecule has 0 radical (unpaired) electrons. The van der Waals surface area contributed by atoms with Crippen molar-refractivity contribution in [3.8, 4) is 33.4 Å². The molecule has 1 aromatic heterocycles. The molecule has 1 heterocycles. The summed E-state index contributed by atoms with van der Waals surface area (Å²) in [5.74, 6) is 0. The van der Waals surface area contributed by atoms with Crippen molar-refractivity contribution in [3.63, 3.8) is 0 Å². The minimum absolute atomic E-state index is 0.0888. The lowest BCUT2D eigenvalue weighted by molar-refractivity contribution is 0.659. The second-order valence-electron chi connectivity index (χ2n) is 14.9. The number of fused-ring (bicyclic) bond motifs is 9. The molecular formula is C48H37NS. The van der Waals surface area contributed by atoms with Crippen molar-refractivity contribution < 1.29 is 0 Å². The van der Waals surface area contributed by atoms with Gasteiger partial charge in [-0.15, -0.1) is 11.3 Å². The molecule has 0 saturated carbocycles. The van der Waals surface area contributed by atoms with E-state index >= 15 is 0 Å². The molecule has 0 aliphatic heterocycles. The van der Waals surface area contributed by atoms with Crippen LogP contribution in [0.1, 0.15) is 49.9 Å². The summed E-state index contributed by atoms with van der Waals surface area (Å²) in [6, 6.07) is 56.6. The molecule has 0 saturated heterocycles. The maximum Gasteiger partial charge on any atom is 0.0543 e. The molecule has 7 aromatic carbocycles. The first-order valence-electron chi connectivity index (χ1n) is 17.6. The summed E-state index contributed by atoms with van der Waals surface area (Å²) < 4.78 is 2.68. The third-order valence-corrected chi connectivity index (χ3v) is 12.7. The highest BCUT2D eigenvalue weighted by Crippen LogP contribution is 2.58. The number of thiophene rings is 1. The van der Waals surface area contributed by atoms with E-state index in [0.717, 1.165) is 5.69 Å². The van der Waals surface area contributed by atoms with Crippen LogP contribution in [-0.2, 0) is 10.8 Å². The number of hydrogen-bond donors (Lipinski definition) is 0. The smallest absolute Gasteiger partial charge is 0.0543 e. The zero-order valence-electron chi connectivity index (χ0n) is 28.8. The second kappa shape index (κ2) is 10.5. The van der Waals surface area contributed by atoms with Gasteiger partial charge in [0.15, 0.2) is 0 Å². The van der Waals surface area contributed by atoms with Gasteiger partial charge in [-0.1, -0.05) is 149 Å². The fourth-order valence-electron chi connectivity index (χ4n) is 9.10. The Labute approximate surface area is 298 Å². The highest BCUT2D eigenvalue weighted by Gasteiger charge is 2.41. The standard InChI is InChI=1S/C48H37NS/c1-47(2)39-21-9-6-16-37(39)44-40(47)22-13-23-41(44)49(42-24-12-18-35-33-14-5-8-20-38(33)48(3,4)45(35)42)31-28-26-30(27-29-31)32-17-11-19-36-34-15-7-10-25-43(34)50-46(32)36/h5-29H,1-4H3. The van der Waals surface area contributed by atoms with Crippen molar-refractivity contribution >= 4 is 48.6 Å².